The Morgan fingerprint density at radius 1 is 0.921 bits per heavy atom. The minimum Gasteiger partial charge on any atom is -0.495 e. The first-order valence-corrected chi connectivity index (χ1v) is 12.7. The molecule has 2 N–H and O–H groups in total. The molecule has 0 aliphatic carbocycles. The maximum Gasteiger partial charge on any atom is 0.261 e. The van der Waals surface area contributed by atoms with E-state index >= 15 is 0 Å². The number of hydrogen-bond donors (Lipinski definition) is 2. The van der Waals surface area contributed by atoms with Gasteiger partial charge in [-0.05, 0) is 48.4 Å². The number of H-pyrrole nitrogens is 1. The molecule has 7 heteroatoms. The van der Waals surface area contributed by atoms with Crippen molar-refractivity contribution < 1.29 is 30.6 Å². The quantitative estimate of drug-likeness (QED) is 0.209. The average molecular weight is 685 g/mol. The number of carbonyl (C=O) groups is 1. The van der Waals surface area contributed by atoms with Gasteiger partial charge in [-0.2, -0.15) is 12.1 Å². The number of nitrogens with zero attached hydrogens (tertiary/aromatic N) is 1. The third-order valence-corrected chi connectivity index (χ3v) is 4.86. The van der Waals surface area contributed by atoms with Gasteiger partial charge in [-0.3, -0.25) is 9.59 Å². The number of benzene rings is 2. The van der Waals surface area contributed by atoms with Gasteiger partial charge in [-0.25, -0.2) is 0 Å². The van der Waals surface area contributed by atoms with Gasteiger partial charge < -0.3 is 20.0 Å². The third-order valence-electron chi connectivity index (χ3n) is 4.86. The summed E-state index contributed by atoms with van der Waals surface area (Å²) in [5, 5.41) is 2.85. The fraction of sp³-hybridized carbons (Fsp3) is 0.258. The molecule has 0 aliphatic heterocycles. The van der Waals surface area contributed by atoms with Gasteiger partial charge in [0.25, 0.3) is 5.91 Å². The van der Waals surface area contributed by atoms with E-state index in [0.29, 0.717) is 22.7 Å². The summed E-state index contributed by atoms with van der Waals surface area (Å²) in [6, 6.07) is 17.5. The fourth-order valence-electron chi connectivity index (χ4n) is 3.19. The van der Waals surface area contributed by atoms with E-state index in [2.05, 4.69) is 21.4 Å². The van der Waals surface area contributed by atoms with Gasteiger partial charge in [0.05, 0.1) is 0 Å². The summed E-state index contributed by atoms with van der Waals surface area (Å²) in [4.78, 5) is 32.6. The van der Waals surface area contributed by atoms with Crippen LogP contribution in [0.1, 0.15) is 63.0 Å². The number of carbonyl (C=O) groups excluding carboxylic acids is 1. The number of amides is 1. The molecule has 4 rings (SSSR count). The summed E-state index contributed by atoms with van der Waals surface area (Å²) in [7, 11) is 0. The van der Waals surface area contributed by atoms with Crippen LogP contribution in [0.3, 0.4) is 0 Å². The molecule has 2 aromatic heterocycles. The van der Waals surface area contributed by atoms with Gasteiger partial charge in [0, 0.05) is 44.7 Å². The van der Waals surface area contributed by atoms with Crippen LogP contribution in [0.4, 0.5) is 5.69 Å². The van der Waals surface area contributed by atoms with E-state index in [-0.39, 0.29) is 32.1 Å². The molecular weight excluding hydrogens is 646 g/mol. The molecule has 0 spiro atoms. The van der Waals surface area contributed by atoms with Crippen LogP contribution in [0.5, 0.6) is 11.5 Å². The average Bonchev–Trinajstić information content (AvgIpc) is 2.96. The zero-order valence-corrected chi connectivity index (χ0v) is 26.4. The van der Waals surface area contributed by atoms with Crippen molar-refractivity contribution in [1.82, 2.24) is 9.97 Å². The summed E-state index contributed by atoms with van der Waals surface area (Å²) in [5.41, 5.74) is 3.16. The molecule has 4 aromatic rings. The first-order valence-electron chi connectivity index (χ1n) is 12.7. The van der Waals surface area contributed by atoms with Crippen LogP contribution in [-0.2, 0) is 21.1 Å². The Kier molecular flexibility index (Phi) is 17.0. The number of aromatic amines is 1. The van der Waals surface area contributed by atoms with Crippen molar-refractivity contribution in [2.45, 2.75) is 55.4 Å². The van der Waals surface area contributed by atoms with E-state index in [9.17, 15) is 9.59 Å². The summed E-state index contributed by atoms with van der Waals surface area (Å²) in [6.07, 6.45) is 6.19. The van der Waals surface area contributed by atoms with E-state index < -0.39 is 5.91 Å². The predicted octanol–water partition coefficient (Wildman–Crippen LogP) is 7.97. The van der Waals surface area contributed by atoms with Crippen molar-refractivity contribution in [3.63, 3.8) is 0 Å². The number of rotatable bonds is 5. The molecule has 0 radical (unpaired) electrons. The van der Waals surface area contributed by atoms with Crippen molar-refractivity contribution in [1.29, 1.82) is 0 Å². The molecule has 0 fully saturated rings. The Hall–Kier alpha value is -3.50. The molecule has 2 aromatic carbocycles. The number of ether oxygens (including phenoxy) is 1. The maximum absolute atomic E-state index is 12.9. The zero-order chi connectivity index (χ0) is 27.8. The standard InChI is InChI=1S/C25H20N3O3.3C2H6.W/c1-16-13-23(31-19-8-10-26-11-9-19)17(2)12-22(16)28-25(30)21-15-27-14-20(24(21)29)18-6-4-3-5-7-18;3*1-2;/h3-8,10-15H,1-2H3,(H,27,29)(H,28,30);3*1-2H3;/q-1;;;;. The summed E-state index contributed by atoms with van der Waals surface area (Å²) in [5.74, 6) is 0.734. The second kappa shape index (κ2) is 18.7. The van der Waals surface area contributed by atoms with Crippen molar-refractivity contribution in [2.24, 2.45) is 0 Å². The number of pyridine rings is 2. The molecule has 0 saturated carbocycles. The fourth-order valence-corrected chi connectivity index (χ4v) is 3.19. The van der Waals surface area contributed by atoms with Crippen LogP contribution >= 0.6 is 0 Å². The Labute approximate surface area is 241 Å². The first kappa shape index (κ1) is 34.5. The van der Waals surface area contributed by atoms with Crippen molar-refractivity contribution in [3.05, 3.63) is 106 Å². The molecule has 0 saturated heterocycles. The Morgan fingerprint density at radius 3 is 2.18 bits per heavy atom. The summed E-state index contributed by atoms with van der Waals surface area (Å²) < 4.78 is 5.86. The van der Waals surface area contributed by atoms with Crippen molar-refractivity contribution >= 4 is 11.6 Å². The van der Waals surface area contributed by atoms with Crippen LogP contribution in [0.2, 0.25) is 0 Å². The van der Waals surface area contributed by atoms with Gasteiger partial charge in [-0.15, -0.1) is 0 Å². The Morgan fingerprint density at radius 2 is 1.58 bits per heavy atom. The molecule has 2 heterocycles. The van der Waals surface area contributed by atoms with Crippen LogP contribution in [0.15, 0.2) is 78.1 Å². The first-order chi connectivity index (χ1) is 18.0. The smallest absolute Gasteiger partial charge is 0.261 e. The normalized spacial score (nSPS) is 9.05. The molecule has 38 heavy (non-hydrogen) atoms. The largest absolute Gasteiger partial charge is 0.495 e. The molecule has 0 unspecified atom stereocenters. The number of anilines is 1. The Balaban J connectivity index is 0.00000183. The predicted molar refractivity (Wildman–Crippen MR) is 154 cm³/mol. The molecular formula is C31H38N3O3W-. The molecule has 0 aliphatic rings. The van der Waals surface area contributed by atoms with Crippen molar-refractivity contribution in [3.8, 4) is 22.6 Å². The van der Waals surface area contributed by atoms with Crippen molar-refractivity contribution in [2.75, 3.05) is 5.32 Å². The number of aromatic nitrogens is 2. The maximum atomic E-state index is 12.9. The monoisotopic (exact) mass is 684 g/mol. The number of hydrogen-bond acceptors (Lipinski definition) is 4. The van der Waals surface area contributed by atoms with E-state index in [0.717, 1.165) is 16.7 Å². The van der Waals surface area contributed by atoms with Crippen LogP contribution in [0.25, 0.3) is 11.1 Å². The van der Waals surface area contributed by atoms with Crippen LogP contribution in [0, 0.1) is 19.9 Å². The molecule has 6 nitrogen and oxygen atoms in total. The minimum absolute atomic E-state index is 0. The second-order valence-corrected chi connectivity index (χ2v) is 7.07. The van der Waals surface area contributed by atoms with Crippen LogP contribution in [-0.4, -0.2) is 15.9 Å². The minimum atomic E-state index is -0.474. The number of nitrogens with one attached hydrogen (secondary N) is 2. The molecule has 1 amide bonds. The van der Waals surface area contributed by atoms with Gasteiger partial charge in [-0.1, -0.05) is 84.3 Å². The summed E-state index contributed by atoms with van der Waals surface area (Å²) in [6.45, 7) is 15.7. The van der Waals surface area contributed by atoms with Gasteiger partial charge in [0.2, 0.25) is 5.43 Å². The molecule has 0 bridgehead atoms. The van der Waals surface area contributed by atoms with Gasteiger partial charge in [0.1, 0.15) is 11.3 Å². The third kappa shape index (κ3) is 9.42. The Bertz CT molecular complexity index is 1290. The molecule has 202 valence electrons. The zero-order valence-electron chi connectivity index (χ0n) is 23.5. The second-order valence-electron chi connectivity index (χ2n) is 7.07. The van der Waals surface area contributed by atoms with E-state index in [1.807, 2.05) is 97.9 Å². The molecule has 0 atom stereocenters. The summed E-state index contributed by atoms with van der Waals surface area (Å²) >= 11 is 0. The topological polar surface area (TPSA) is 84.1 Å². The number of aryl methyl sites for hydroxylation is 2. The SMILES string of the molecule is CC.CC.CC.Cc1cc(Oc2[c-]cncc2)c(C)cc1NC(=O)c1c[nH]cc(-c2ccccc2)c1=O.[W]. The van der Waals surface area contributed by atoms with Crippen LogP contribution < -0.4 is 15.5 Å². The van der Waals surface area contributed by atoms with E-state index in [1.54, 1.807) is 18.5 Å². The van der Waals surface area contributed by atoms with E-state index in [4.69, 9.17) is 4.74 Å². The van der Waals surface area contributed by atoms with Gasteiger partial charge >= 0.3 is 0 Å². The van der Waals surface area contributed by atoms with Gasteiger partial charge in [0.15, 0.2) is 0 Å². The van der Waals surface area contributed by atoms with E-state index in [1.165, 1.54) is 12.4 Å².